The largest absolute Gasteiger partial charge is 0.474 e. The quantitative estimate of drug-likeness (QED) is 0.428. The zero-order valence-corrected chi connectivity index (χ0v) is 21.3. The average Bonchev–Trinajstić information content (AvgIpc) is 3.25. The lowest BCUT2D eigenvalue weighted by Gasteiger charge is -2.31. The number of fused-ring (bicyclic) bond motifs is 1. The normalized spacial score (nSPS) is 32.8. The maximum atomic E-state index is 14.7. The lowest BCUT2D eigenvalue weighted by molar-refractivity contribution is -0.201. The van der Waals surface area contributed by atoms with Gasteiger partial charge in [0.05, 0.1) is 6.61 Å². The van der Waals surface area contributed by atoms with Gasteiger partial charge in [-0.25, -0.2) is 8.96 Å². The number of hydrogen-bond acceptors (Lipinski definition) is 9. The van der Waals surface area contributed by atoms with Crippen LogP contribution < -0.4 is 5.73 Å². The zero-order chi connectivity index (χ0) is 25.3. The Kier molecular flexibility index (Phi) is 8.32. The third kappa shape index (κ3) is 6.09. The Bertz CT molecular complexity index is 911. The van der Waals surface area contributed by atoms with Gasteiger partial charge in [0.25, 0.3) is 0 Å². The molecule has 4 unspecified atom stereocenters. The number of phosphoric ester groups is 1. The van der Waals surface area contributed by atoms with Gasteiger partial charge in [0.1, 0.15) is 24.4 Å². The van der Waals surface area contributed by atoms with Crippen molar-refractivity contribution in [2.24, 2.45) is 5.73 Å². The van der Waals surface area contributed by atoms with Crippen LogP contribution in [0.5, 0.6) is 0 Å². The molecule has 7 atom stereocenters. The van der Waals surface area contributed by atoms with Crippen LogP contribution in [0, 0.1) is 0 Å². The summed E-state index contributed by atoms with van der Waals surface area (Å²) in [5, 5.41) is 0. The number of primary amides is 1. The minimum atomic E-state index is -4.17. The van der Waals surface area contributed by atoms with Crippen LogP contribution in [0.4, 0.5) is 4.39 Å². The van der Waals surface area contributed by atoms with Gasteiger partial charge in [-0.3, -0.25) is 18.4 Å². The molecule has 0 aromatic carbocycles. The predicted octanol–water partition coefficient (Wildman–Crippen LogP) is 3.48. The van der Waals surface area contributed by atoms with Crippen molar-refractivity contribution >= 4 is 25.3 Å². The van der Waals surface area contributed by atoms with E-state index < -0.39 is 55.8 Å². The first kappa shape index (κ1) is 27.3. The Balaban J connectivity index is 1.74. The summed E-state index contributed by atoms with van der Waals surface area (Å²) in [6, 6.07) is 0. The van der Waals surface area contributed by atoms with Crippen LogP contribution in [0.1, 0.15) is 34.1 Å². The fraction of sp³-hybridized carbons (Fsp3) is 0.667. The van der Waals surface area contributed by atoms with E-state index in [2.05, 4.69) is 0 Å². The molecule has 3 aliphatic rings. The second-order valence-corrected chi connectivity index (χ2v) is 10.8. The van der Waals surface area contributed by atoms with Crippen LogP contribution in [-0.4, -0.2) is 66.6 Å². The van der Waals surface area contributed by atoms with Crippen molar-refractivity contribution in [1.82, 2.24) is 4.90 Å². The van der Waals surface area contributed by atoms with Crippen LogP contribution in [-0.2, 0) is 37.1 Å². The molecule has 10 nitrogen and oxygen atoms in total. The SMILES string of the molecule is COP(=O)(OCC1O[C@@H](N2C=CCC(C(N)=O)=C2)[C@@H]2OC(C)(C)O[C@H]12)OC(C)C(C)(F)/C=C/Cl. The maximum absolute atomic E-state index is 14.7. The summed E-state index contributed by atoms with van der Waals surface area (Å²) < 4.78 is 61.6. The number of phosphoric acid groups is 1. The smallest absolute Gasteiger partial charge is 0.366 e. The van der Waals surface area contributed by atoms with Crippen LogP contribution in [0.25, 0.3) is 0 Å². The summed E-state index contributed by atoms with van der Waals surface area (Å²) in [4.78, 5) is 13.3. The first-order valence-electron chi connectivity index (χ1n) is 10.7. The van der Waals surface area contributed by atoms with Crippen molar-refractivity contribution in [2.75, 3.05) is 13.7 Å². The van der Waals surface area contributed by atoms with E-state index in [0.717, 1.165) is 18.7 Å². The molecule has 3 rings (SSSR count). The van der Waals surface area contributed by atoms with Crippen molar-refractivity contribution in [1.29, 1.82) is 0 Å². The van der Waals surface area contributed by atoms with Crippen LogP contribution in [0.3, 0.4) is 0 Å². The molecule has 0 radical (unpaired) electrons. The Morgan fingerprint density at radius 1 is 1.47 bits per heavy atom. The van der Waals surface area contributed by atoms with Gasteiger partial charge in [-0.1, -0.05) is 17.7 Å². The summed E-state index contributed by atoms with van der Waals surface area (Å²) in [5.41, 5.74) is 4.83. The third-order valence-corrected chi connectivity index (χ3v) is 7.36. The van der Waals surface area contributed by atoms with Gasteiger partial charge in [-0.2, -0.15) is 0 Å². The lowest BCUT2D eigenvalue weighted by Crippen LogP contribution is -2.40. The van der Waals surface area contributed by atoms with E-state index in [0.29, 0.717) is 12.0 Å². The topological polar surface area (TPSA) is 119 Å². The van der Waals surface area contributed by atoms with Gasteiger partial charge in [0.2, 0.25) is 5.91 Å². The summed E-state index contributed by atoms with van der Waals surface area (Å²) in [6.07, 6.45) is 2.86. The Labute approximate surface area is 203 Å². The van der Waals surface area contributed by atoms with Gasteiger partial charge in [-0.15, -0.1) is 0 Å². The molecule has 3 heterocycles. The van der Waals surface area contributed by atoms with Crippen molar-refractivity contribution in [3.63, 3.8) is 0 Å². The van der Waals surface area contributed by atoms with E-state index in [1.54, 1.807) is 37.2 Å². The number of nitrogens with two attached hydrogens (primary N) is 1. The number of amides is 1. The number of nitrogens with zero attached hydrogens (tertiary/aromatic N) is 1. The van der Waals surface area contributed by atoms with E-state index in [4.69, 9.17) is 45.1 Å². The number of carbonyl (C=O) groups excluding carboxylic acids is 1. The Morgan fingerprint density at radius 3 is 2.76 bits per heavy atom. The minimum absolute atomic E-state index is 0.257. The predicted molar refractivity (Wildman–Crippen MR) is 121 cm³/mol. The van der Waals surface area contributed by atoms with Crippen molar-refractivity contribution in [3.8, 4) is 0 Å². The molecular weight excluding hydrogens is 494 g/mol. The van der Waals surface area contributed by atoms with Gasteiger partial charge in [0, 0.05) is 30.6 Å². The summed E-state index contributed by atoms with van der Waals surface area (Å²) in [6.45, 7) is 5.86. The molecule has 34 heavy (non-hydrogen) atoms. The van der Waals surface area contributed by atoms with Crippen molar-refractivity contribution in [2.45, 2.75) is 76.2 Å². The molecule has 0 aromatic rings. The number of rotatable bonds is 10. The minimum Gasteiger partial charge on any atom is -0.366 e. The van der Waals surface area contributed by atoms with Gasteiger partial charge < -0.3 is 24.8 Å². The number of hydrogen-bond donors (Lipinski definition) is 1. The molecule has 0 spiro atoms. The molecule has 13 heteroatoms. The van der Waals surface area contributed by atoms with Gasteiger partial charge in [-0.05, 0) is 40.2 Å². The molecule has 3 aliphatic heterocycles. The van der Waals surface area contributed by atoms with E-state index in [-0.39, 0.29) is 6.61 Å². The first-order valence-corrected chi connectivity index (χ1v) is 12.6. The van der Waals surface area contributed by atoms with Crippen LogP contribution >= 0.6 is 19.4 Å². The Morgan fingerprint density at radius 2 is 2.15 bits per heavy atom. The summed E-state index contributed by atoms with van der Waals surface area (Å²) >= 11 is 5.47. The second kappa shape index (κ2) is 10.4. The number of allylic oxidation sites excluding steroid dienone is 1. The molecule has 2 fully saturated rings. The summed E-state index contributed by atoms with van der Waals surface area (Å²) in [5.74, 6) is -1.45. The second-order valence-electron chi connectivity index (χ2n) is 8.80. The molecule has 0 saturated carbocycles. The standard InChI is InChI=1S/C21H31ClFN2O8P/c1-13(21(4,23)8-9-22)33-34(27,28-5)29-12-15-16-17(32-20(2,3)31-16)19(30-15)25-10-6-7-14(11-25)18(24)26/h6,8-11,13,15-17,19H,7,12H2,1-5H3,(H2,24,26)/b9-8+/t13?,15?,16-,17-,19-,21?,34?/m1/s1. The highest BCUT2D eigenvalue weighted by Gasteiger charge is 2.57. The van der Waals surface area contributed by atoms with E-state index in [9.17, 15) is 13.8 Å². The molecule has 0 aromatic heterocycles. The van der Waals surface area contributed by atoms with Crippen molar-refractivity contribution in [3.05, 3.63) is 35.7 Å². The summed E-state index contributed by atoms with van der Waals surface area (Å²) in [7, 11) is -3.03. The fourth-order valence-electron chi connectivity index (χ4n) is 3.78. The Hall–Kier alpha value is -1.30. The highest BCUT2D eigenvalue weighted by atomic mass is 35.5. The van der Waals surface area contributed by atoms with E-state index in [1.165, 1.54) is 13.8 Å². The average molecular weight is 525 g/mol. The van der Waals surface area contributed by atoms with Crippen molar-refractivity contribution < 1.29 is 41.5 Å². The number of ether oxygens (including phenoxy) is 3. The molecule has 0 aliphatic carbocycles. The zero-order valence-electron chi connectivity index (χ0n) is 19.7. The highest BCUT2D eigenvalue weighted by molar-refractivity contribution is 7.48. The highest BCUT2D eigenvalue weighted by Crippen LogP contribution is 2.52. The van der Waals surface area contributed by atoms with Crippen LogP contribution in [0.2, 0.25) is 0 Å². The van der Waals surface area contributed by atoms with Crippen LogP contribution in [0.15, 0.2) is 35.7 Å². The first-order chi connectivity index (χ1) is 15.8. The third-order valence-electron chi connectivity index (χ3n) is 5.75. The van der Waals surface area contributed by atoms with E-state index >= 15 is 0 Å². The van der Waals surface area contributed by atoms with Gasteiger partial charge >= 0.3 is 7.82 Å². The monoisotopic (exact) mass is 524 g/mol. The molecular formula is C21H31ClFN2O8P. The van der Waals surface area contributed by atoms with E-state index in [1.807, 2.05) is 0 Å². The maximum Gasteiger partial charge on any atom is 0.474 e. The molecule has 2 saturated heterocycles. The lowest BCUT2D eigenvalue weighted by atomic mass is 10.0. The fourth-order valence-corrected chi connectivity index (χ4v) is 5.20. The van der Waals surface area contributed by atoms with Gasteiger partial charge in [0.15, 0.2) is 17.7 Å². The molecule has 192 valence electrons. The molecule has 1 amide bonds. The molecule has 2 N–H and O–H groups in total. The molecule has 0 bridgehead atoms. The number of alkyl halides is 1. The number of carbonyl (C=O) groups is 1. The number of halogens is 2.